The van der Waals surface area contributed by atoms with Gasteiger partial charge < -0.3 is 9.88 Å². The molecule has 0 saturated heterocycles. The highest BCUT2D eigenvalue weighted by molar-refractivity contribution is 5.99. The molecule has 29 heavy (non-hydrogen) atoms. The molecular weight excluding hydrogens is 368 g/mol. The van der Waals surface area contributed by atoms with Crippen LogP contribution in [0.3, 0.4) is 0 Å². The molecule has 2 aromatic carbocycles. The molecule has 1 aromatic heterocycles. The lowest BCUT2D eigenvalue weighted by molar-refractivity contribution is -0.124. The van der Waals surface area contributed by atoms with Crippen molar-refractivity contribution in [2.75, 3.05) is 6.54 Å². The van der Waals surface area contributed by atoms with Gasteiger partial charge in [0.15, 0.2) is 0 Å². The van der Waals surface area contributed by atoms with Crippen LogP contribution in [0.5, 0.6) is 0 Å². The van der Waals surface area contributed by atoms with Crippen molar-refractivity contribution in [2.45, 2.75) is 0 Å². The summed E-state index contributed by atoms with van der Waals surface area (Å²) in [7, 11) is 0. The Morgan fingerprint density at radius 1 is 0.828 bits per heavy atom. The lowest BCUT2D eigenvalue weighted by atomic mass is 10.1. The highest BCUT2D eigenvalue weighted by Gasteiger charge is 2.12. The molecule has 3 rings (SSSR count). The lowest BCUT2D eigenvalue weighted by Crippen LogP contribution is -2.46. The summed E-state index contributed by atoms with van der Waals surface area (Å²) in [4.78, 5) is 36.1. The van der Waals surface area contributed by atoms with Crippen molar-refractivity contribution >= 4 is 23.8 Å². The molecular formula is C22H20N4O3. The number of aromatic nitrogens is 1. The second-order valence-corrected chi connectivity index (χ2v) is 6.07. The van der Waals surface area contributed by atoms with E-state index in [1.54, 1.807) is 28.8 Å². The first kappa shape index (κ1) is 19.6. The van der Waals surface area contributed by atoms with Crippen molar-refractivity contribution in [1.29, 1.82) is 0 Å². The van der Waals surface area contributed by atoms with Crippen LogP contribution in [0.25, 0.3) is 11.8 Å². The SMILES string of the molecule is O=C(/C=C/c1ccccc1)NCC(=O)NNC(=O)c1ccccc1-n1cccc1. The molecule has 3 aromatic rings. The number of hydrogen-bond donors (Lipinski definition) is 3. The number of carbonyl (C=O) groups excluding carboxylic acids is 3. The fourth-order valence-electron chi connectivity index (χ4n) is 2.59. The summed E-state index contributed by atoms with van der Waals surface area (Å²) in [5.41, 5.74) is 6.62. The Morgan fingerprint density at radius 3 is 2.28 bits per heavy atom. The first-order valence-electron chi connectivity index (χ1n) is 8.96. The predicted octanol–water partition coefficient (Wildman–Crippen LogP) is 2.07. The van der Waals surface area contributed by atoms with Crippen molar-refractivity contribution in [2.24, 2.45) is 0 Å². The number of benzene rings is 2. The van der Waals surface area contributed by atoms with E-state index in [9.17, 15) is 14.4 Å². The Bertz CT molecular complexity index is 1010. The third kappa shape index (κ3) is 5.67. The van der Waals surface area contributed by atoms with E-state index in [2.05, 4.69) is 16.2 Å². The monoisotopic (exact) mass is 388 g/mol. The Labute approximate surface area is 168 Å². The summed E-state index contributed by atoms with van der Waals surface area (Å²) in [6, 6.07) is 20.1. The van der Waals surface area contributed by atoms with E-state index in [1.165, 1.54) is 6.08 Å². The molecule has 0 aliphatic heterocycles. The second kappa shape index (κ2) is 9.70. The van der Waals surface area contributed by atoms with Crippen LogP contribution in [0.4, 0.5) is 0 Å². The van der Waals surface area contributed by atoms with Gasteiger partial charge in [-0.25, -0.2) is 0 Å². The van der Waals surface area contributed by atoms with Crippen molar-refractivity contribution in [3.05, 3.63) is 96.3 Å². The molecule has 0 aliphatic carbocycles. The van der Waals surface area contributed by atoms with E-state index in [1.807, 2.05) is 60.9 Å². The van der Waals surface area contributed by atoms with Gasteiger partial charge in [0.05, 0.1) is 17.8 Å². The van der Waals surface area contributed by atoms with Gasteiger partial charge in [-0.05, 0) is 35.9 Å². The van der Waals surface area contributed by atoms with E-state index in [0.717, 1.165) is 5.56 Å². The molecule has 0 unspecified atom stereocenters. The summed E-state index contributed by atoms with van der Waals surface area (Å²) in [6.07, 6.45) is 6.63. The standard InChI is InChI=1S/C22H20N4O3/c27-20(13-12-17-8-2-1-3-9-17)23-16-21(28)24-25-22(29)18-10-4-5-11-19(18)26-14-6-7-15-26/h1-15H,16H2,(H,23,27)(H,24,28)(H,25,29)/b13-12+. The largest absolute Gasteiger partial charge is 0.343 e. The molecule has 0 fully saturated rings. The molecule has 0 atom stereocenters. The Balaban J connectivity index is 1.48. The minimum absolute atomic E-state index is 0.266. The minimum atomic E-state index is -0.543. The number of nitrogens with zero attached hydrogens (tertiary/aromatic N) is 1. The molecule has 3 N–H and O–H groups in total. The van der Waals surface area contributed by atoms with Gasteiger partial charge in [0, 0.05) is 18.5 Å². The van der Waals surface area contributed by atoms with Crippen molar-refractivity contribution in [3.63, 3.8) is 0 Å². The summed E-state index contributed by atoms with van der Waals surface area (Å²) in [6.45, 7) is -0.266. The van der Waals surface area contributed by atoms with Gasteiger partial charge in [-0.2, -0.15) is 0 Å². The third-order valence-electron chi connectivity index (χ3n) is 4.00. The smallest absolute Gasteiger partial charge is 0.271 e. The summed E-state index contributed by atoms with van der Waals surface area (Å²) >= 11 is 0. The molecule has 1 heterocycles. The topological polar surface area (TPSA) is 92.2 Å². The van der Waals surface area contributed by atoms with Gasteiger partial charge in [-0.3, -0.25) is 25.2 Å². The minimum Gasteiger partial charge on any atom is -0.343 e. The van der Waals surface area contributed by atoms with Gasteiger partial charge in [0.2, 0.25) is 5.91 Å². The van der Waals surface area contributed by atoms with Gasteiger partial charge in [0.1, 0.15) is 0 Å². The molecule has 0 saturated carbocycles. The zero-order valence-corrected chi connectivity index (χ0v) is 15.5. The molecule has 7 heteroatoms. The van der Waals surface area contributed by atoms with Gasteiger partial charge >= 0.3 is 0 Å². The van der Waals surface area contributed by atoms with Crippen LogP contribution >= 0.6 is 0 Å². The normalized spacial score (nSPS) is 10.5. The summed E-state index contributed by atoms with van der Waals surface area (Å²) < 4.78 is 1.80. The van der Waals surface area contributed by atoms with E-state index >= 15 is 0 Å². The number of hydrogen-bond acceptors (Lipinski definition) is 3. The number of nitrogens with one attached hydrogen (secondary N) is 3. The fraction of sp³-hybridized carbons (Fsp3) is 0.0455. The van der Waals surface area contributed by atoms with Crippen LogP contribution in [0, 0.1) is 0 Å². The molecule has 0 radical (unpaired) electrons. The van der Waals surface area contributed by atoms with Crippen LogP contribution in [0.15, 0.2) is 85.2 Å². The van der Waals surface area contributed by atoms with Crippen LogP contribution in [0.2, 0.25) is 0 Å². The first-order valence-corrected chi connectivity index (χ1v) is 8.96. The van der Waals surface area contributed by atoms with E-state index < -0.39 is 17.7 Å². The molecule has 0 spiro atoms. The zero-order chi connectivity index (χ0) is 20.5. The molecule has 0 bridgehead atoms. The maximum Gasteiger partial charge on any atom is 0.271 e. The number of amides is 3. The van der Waals surface area contributed by atoms with E-state index in [4.69, 9.17) is 0 Å². The van der Waals surface area contributed by atoms with Crippen molar-refractivity contribution < 1.29 is 14.4 Å². The number of para-hydroxylation sites is 1. The molecule has 146 valence electrons. The summed E-state index contributed by atoms with van der Waals surface area (Å²) in [5, 5.41) is 2.46. The highest BCUT2D eigenvalue weighted by Crippen LogP contribution is 2.14. The molecule has 7 nitrogen and oxygen atoms in total. The van der Waals surface area contributed by atoms with E-state index in [-0.39, 0.29) is 6.54 Å². The van der Waals surface area contributed by atoms with Gasteiger partial charge in [-0.15, -0.1) is 0 Å². The van der Waals surface area contributed by atoms with Crippen LogP contribution in [0.1, 0.15) is 15.9 Å². The maximum absolute atomic E-state index is 12.4. The molecule has 0 aliphatic rings. The first-order chi connectivity index (χ1) is 14.1. The van der Waals surface area contributed by atoms with Crippen LogP contribution in [-0.2, 0) is 9.59 Å². The Morgan fingerprint density at radius 2 is 1.52 bits per heavy atom. The molecule has 3 amide bonds. The van der Waals surface area contributed by atoms with Gasteiger partial charge in [0.25, 0.3) is 11.8 Å². The predicted molar refractivity (Wildman–Crippen MR) is 110 cm³/mol. The maximum atomic E-state index is 12.4. The number of rotatable bonds is 6. The Hall–Kier alpha value is -4.13. The Kier molecular flexibility index (Phi) is 6.57. The third-order valence-corrected chi connectivity index (χ3v) is 4.00. The number of hydrazine groups is 1. The van der Waals surface area contributed by atoms with Crippen LogP contribution < -0.4 is 16.2 Å². The average molecular weight is 388 g/mol. The van der Waals surface area contributed by atoms with Crippen molar-refractivity contribution in [1.82, 2.24) is 20.7 Å². The second-order valence-electron chi connectivity index (χ2n) is 6.07. The van der Waals surface area contributed by atoms with Gasteiger partial charge in [-0.1, -0.05) is 42.5 Å². The summed E-state index contributed by atoms with van der Waals surface area (Å²) in [5.74, 6) is -1.41. The average Bonchev–Trinajstić information content (AvgIpc) is 3.30. The lowest BCUT2D eigenvalue weighted by Gasteiger charge is -2.12. The quantitative estimate of drug-likeness (QED) is 0.446. The van der Waals surface area contributed by atoms with Crippen LogP contribution in [-0.4, -0.2) is 28.8 Å². The number of carbonyl (C=O) groups is 3. The van der Waals surface area contributed by atoms with E-state index in [0.29, 0.717) is 11.3 Å². The van der Waals surface area contributed by atoms with Crippen molar-refractivity contribution in [3.8, 4) is 5.69 Å². The highest BCUT2D eigenvalue weighted by atomic mass is 16.2. The zero-order valence-electron chi connectivity index (χ0n) is 15.5. The fourth-order valence-corrected chi connectivity index (χ4v) is 2.59.